The number of amides is 3. The Kier molecular flexibility index (Phi) is 14.1. The molecule has 210 valence electrons. The zero-order valence-corrected chi connectivity index (χ0v) is 25.2. The van der Waals surface area contributed by atoms with Crippen LogP contribution in [0.1, 0.15) is 96.4 Å². The maximum Gasteiger partial charge on any atom is 0.408 e. The van der Waals surface area contributed by atoms with Gasteiger partial charge in [-0.2, -0.15) is 11.8 Å². The van der Waals surface area contributed by atoms with Crippen LogP contribution in [0.5, 0.6) is 0 Å². The number of alkyl carbamates (subject to hydrolysis) is 1. The molecule has 0 spiro atoms. The van der Waals surface area contributed by atoms with E-state index >= 15 is 0 Å². The zero-order chi connectivity index (χ0) is 28.2. The minimum Gasteiger partial charge on any atom is -0.444 e. The van der Waals surface area contributed by atoms with E-state index in [4.69, 9.17) is 4.74 Å². The molecule has 0 aliphatic heterocycles. The summed E-state index contributed by atoms with van der Waals surface area (Å²) in [6.45, 7) is 15.9. The molecule has 0 saturated carbocycles. The van der Waals surface area contributed by atoms with E-state index in [1.807, 2.05) is 45.2 Å². The summed E-state index contributed by atoms with van der Waals surface area (Å²) in [5, 5.41) is 5.92. The lowest BCUT2D eigenvalue weighted by Crippen LogP contribution is -2.54. The molecular weight excluding hydrogens is 486 g/mol. The van der Waals surface area contributed by atoms with Crippen LogP contribution in [0.3, 0.4) is 0 Å². The first-order valence-electron chi connectivity index (χ1n) is 13.5. The fourth-order valence-corrected chi connectivity index (χ4v) is 4.54. The fraction of sp³-hybridized carbons (Fsp3) is 0.690. The van der Waals surface area contributed by atoms with Crippen LogP contribution in [-0.4, -0.2) is 59.0 Å². The standard InChI is InChI=1S/C29H49N3O4S/c1-10-12-17-32(27(34)24(16-18-37-9)31-28(35)36-29(6,7)8)25(26(33)30-22(5)13-11-2)23-15-14-20(3)21(4)19-23/h14-15,19,22,24-25H,10-13,16-18H2,1-9H3,(H,30,33)(H,31,35). The molecule has 0 saturated heterocycles. The Balaban J connectivity index is 3.49. The Hall–Kier alpha value is -2.22. The lowest BCUT2D eigenvalue weighted by molar-refractivity contribution is -0.142. The predicted octanol–water partition coefficient (Wildman–Crippen LogP) is 5.92. The Bertz CT molecular complexity index is 884. The van der Waals surface area contributed by atoms with Crippen molar-refractivity contribution in [3.8, 4) is 0 Å². The second-order valence-electron chi connectivity index (χ2n) is 10.8. The number of nitrogens with zero attached hydrogens (tertiary/aromatic N) is 1. The van der Waals surface area contributed by atoms with Crippen molar-refractivity contribution in [1.82, 2.24) is 15.5 Å². The number of aryl methyl sites for hydroxylation is 2. The van der Waals surface area contributed by atoms with Crippen LogP contribution in [0, 0.1) is 13.8 Å². The van der Waals surface area contributed by atoms with E-state index in [-0.39, 0.29) is 17.9 Å². The van der Waals surface area contributed by atoms with E-state index < -0.39 is 23.8 Å². The van der Waals surface area contributed by atoms with E-state index in [0.717, 1.165) is 42.4 Å². The van der Waals surface area contributed by atoms with Gasteiger partial charge in [-0.05, 0) is 89.5 Å². The maximum atomic E-state index is 14.1. The minimum atomic E-state index is -0.797. The van der Waals surface area contributed by atoms with E-state index in [2.05, 4.69) is 24.5 Å². The number of thioether (sulfide) groups is 1. The van der Waals surface area contributed by atoms with Crippen molar-refractivity contribution in [1.29, 1.82) is 0 Å². The molecule has 2 N–H and O–H groups in total. The van der Waals surface area contributed by atoms with E-state index in [1.165, 1.54) is 0 Å². The molecule has 3 amide bonds. The summed E-state index contributed by atoms with van der Waals surface area (Å²) in [7, 11) is 0. The third-order valence-corrected chi connectivity index (χ3v) is 6.80. The number of benzene rings is 1. The normalized spacial score (nSPS) is 13.9. The highest BCUT2D eigenvalue weighted by Gasteiger charge is 2.36. The Morgan fingerprint density at radius 1 is 1.03 bits per heavy atom. The Morgan fingerprint density at radius 2 is 1.70 bits per heavy atom. The van der Waals surface area contributed by atoms with E-state index in [0.29, 0.717) is 18.7 Å². The van der Waals surface area contributed by atoms with Gasteiger partial charge in [-0.25, -0.2) is 4.79 Å². The summed E-state index contributed by atoms with van der Waals surface area (Å²) in [4.78, 5) is 42.2. The largest absolute Gasteiger partial charge is 0.444 e. The van der Waals surface area contributed by atoms with Gasteiger partial charge in [0.25, 0.3) is 0 Å². The van der Waals surface area contributed by atoms with Crippen LogP contribution in [-0.2, 0) is 14.3 Å². The third-order valence-electron chi connectivity index (χ3n) is 6.15. The molecule has 0 aliphatic carbocycles. The van der Waals surface area contributed by atoms with Crippen LogP contribution < -0.4 is 10.6 Å². The quantitative estimate of drug-likeness (QED) is 0.309. The molecule has 37 heavy (non-hydrogen) atoms. The first-order chi connectivity index (χ1) is 17.3. The molecule has 0 heterocycles. The second kappa shape index (κ2) is 15.9. The minimum absolute atomic E-state index is 0.0122. The Labute approximate surface area is 228 Å². The van der Waals surface area contributed by atoms with Crippen molar-refractivity contribution in [3.63, 3.8) is 0 Å². The molecule has 8 heteroatoms. The Morgan fingerprint density at radius 3 is 2.24 bits per heavy atom. The van der Waals surface area contributed by atoms with Crippen LogP contribution in [0.2, 0.25) is 0 Å². The molecular formula is C29H49N3O4S. The molecule has 0 fully saturated rings. The number of nitrogens with one attached hydrogen (secondary N) is 2. The number of hydrogen-bond donors (Lipinski definition) is 2. The average Bonchev–Trinajstić information content (AvgIpc) is 2.79. The molecule has 0 aromatic heterocycles. The number of ether oxygens (including phenoxy) is 1. The van der Waals surface area contributed by atoms with Gasteiger partial charge in [-0.3, -0.25) is 9.59 Å². The van der Waals surface area contributed by atoms with Crippen molar-refractivity contribution < 1.29 is 19.1 Å². The molecule has 1 rings (SSSR count). The zero-order valence-electron chi connectivity index (χ0n) is 24.4. The molecule has 3 unspecified atom stereocenters. The van der Waals surface area contributed by atoms with Gasteiger partial charge in [-0.1, -0.05) is 44.9 Å². The molecule has 3 atom stereocenters. The van der Waals surface area contributed by atoms with Gasteiger partial charge in [-0.15, -0.1) is 0 Å². The highest BCUT2D eigenvalue weighted by atomic mass is 32.2. The molecule has 1 aromatic rings. The molecule has 1 aromatic carbocycles. The van der Waals surface area contributed by atoms with Gasteiger partial charge >= 0.3 is 6.09 Å². The van der Waals surface area contributed by atoms with Crippen LogP contribution in [0.15, 0.2) is 18.2 Å². The van der Waals surface area contributed by atoms with Gasteiger partial charge < -0.3 is 20.3 Å². The first-order valence-corrected chi connectivity index (χ1v) is 14.9. The maximum absolute atomic E-state index is 14.1. The van der Waals surface area contributed by atoms with Crippen molar-refractivity contribution in [2.75, 3.05) is 18.6 Å². The topological polar surface area (TPSA) is 87.7 Å². The smallest absolute Gasteiger partial charge is 0.408 e. The number of unbranched alkanes of at least 4 members (excludes halogenated alkanes) is 1. The second-order valence-corrected chi connectivity index (χ2v) is 11.8. The van der Waals surface area contributed by atoms with Crippen molar-refractivity contribution in [2.24, 2.45) is 0 Å². The lowest BCUT2D eigenvalue weighted by atomic mass is 9.97. The summed E-state index contributed by atoms with van der Waals surface area (Å²) in [6, 6.07) is 4.31. The van der Waals surface area contributed by atoms with Crippen molar-refractivity contribution in [3.05, 3.63) is 34.9 Å². The monoisotopic (exact) mass is 535 g/mol. The van der Waals surface area contributed by atoms with Crippen LogP contribution in [0.4, 0.5) is 4.79 Å². The molecule has 7 nitrogen and oxygen atoms in total. The van der Waals surface area contributed by atoms with Gasteiger partial charge in [0.1, 0.15) is 17.7 Å². The van der Waals surface area contributed by atoms with Crippen LogP contribution >= 0.6 is 11.8 Å². The van der Waals surface area contributed by atoms with E-state index in [1.54, 1.807) is 37.4 Å². The predicted molar refractivity (Wildman–Crippen MR) is 154 cm³/mol. The highest BCUT2D eigenvalue weighted by Crippen LogP contribution is 2.26. The molecule has 0 radical (unpaired) electrons. The average molecular weight is 536 g/mol. The van der Waals surface area contributed by atoms with Crippen molar-refractivity contribution in [2.45, 2.75) is 111 Å². The van der Waals surface area contributed by atoms with Gasteiger partial charge in [0.15, 0.2) is 0 Å². The van der Waals surface area contributed by atoms with Crippen molar-refractivity contribution >= 4 is 29.7 Å². The summed E-state index contributed by atoms with van der Waals surface area (Å²) in [5.74, 6) is 0.214. The number of carbonyl (C=O) groups excluding carboxylic acids is 3. The van der Waals surface area contributed by atoms with Gasteiger partial charge in [0.2, 0.25) is 11.8 Å². The first kappa shape index (κ1) is 32.8. The van der Waals surface area contributed by atoms with E-state index in [9.17, 15) is 14.4 Å². The van der Waals surface area contributed by atoms with Gasteiger partial charge in [0, 0.05) is 12.6 Å². The number of carbonyl (C=O) groups is 3. The number of rotatable bonds is 14. The molecule has 0 aliphatic rings. The fourth-order valence-electron chi connectivity index (χ4n) is 4.07. The summed E-state index contributed by atoms with van der Waals surface area (Å²) in [5.41, 5.74) is 2.27. The third kappa shape index (κ3) is 11.4. The van der Waals surface area contributed by atoms with Gasteiger partial charge in [0.05, 0.1) is 0 Å². The highest BCUT2D eigenvalue weighted by molar-refractivity contribution is 7.98. The number of hydrogen-bond acceptors (Lipinski definition) is 5. The lowest BCUT2D eigenvalue weighted by Gasteiger charge is -2.35. The summed E-state index contributed by atoms with van der Waals surface area (Å²) in [6.07, 6.45) is 5.18. The van der Waals surface area contributed by atoms with Crippen LogP contribution in [0.25, 0.3) is 0 Å². The SMILES string of the molecule is CCCCN(C(=O)C(CCSC)NC(=O)OC(C)(C)C)C(C(=O)NC(C)CCC)c1ccc(C)c(C)c1. The summed E-state index contributed by atoms with van der Waals surface area (Å²) < 4.78 is 5.45. The molecule has 0 bridgehead atoms. The summed E-state index contributed by atoms with van der Waals surface area (Å²) >= 11 is 1.60.